The summed E-state index contributed by atoms with van der Waals surface area (Å²) in [7, 11) is 0. The van der Waals surface area contributed by atoms with E-state index in [1.54, 1.807) is 11.3 Å². The number of esters is 2. The first-order valence-electron chi connectivity index (χ1n) is 9.94. The molecule has 31 heavy (non-hydrogen) atoms. The largest absolute Gasteiger partial charge is 0.451 e. The van der Waals surface area contributed by atoms with Crippen molar-refractivity contribution in [2.45, 2.75) is 46.3 Å². The molecule has 0 aliphatic heterocycles. The molecule has 2 heterocycles. The molecule has 1 amide bonds. The lowest BCUT2D eigenvalue weighted by Gasteiger charge is -2.24. The van der Waals surface area contributed by atoms with Crippen molar-refractivity contribution in [3.63, 3.8) is 0 Å². The molecule has 0 aliphatic rings. The standard InChI is InChI=1S/C20H20N2O5S2.C2H6/c1-12(23)26-17(19(25)21-10-9-14-6-5-11-28-14)18(27-13(2)24)20-22-15-7-3-4-8-16(15)29-20;1-2/h3-8,11,17-18H,9-10H2,1-2H3,(H,21,25);1-2H3/t17-,18-;/m1./s1. The number of nitrogens with one attached hydrogen (secondary N) is 1. The van der Waals surface area contributed by atoms with Gasteiger partial charge in [0.15, 0.2) is 6.10 Å². The number of ether oxygens (including phenoxy) is 2. The van der Waals surface area contributed by atoms with Crippen LogP contribution in [0.1, 0.15) is 43.7 Å². The Bertz CT molecular complexity index is 967. The van der Waals surface area contributed by atoms with E-state index in [4.69, 9.17) is 9.47 Å². The zero-order chi connectivity index (χ0) is 22.8. The second kappa shape index (κ2) is 12.2. The number of benzene rings is 1. The molecule has 3 rings (SSSR count). The van der Waals surface area contributed by atoms with Crippen LogP contribution in [-0.2, 0) is 30.3 Å². The van der Waals surface area contributed by atoms with Crippen molar-refractivity contribution in [1.82, 2.24) is 10.3 Å². The Balaban J connectivity index is 0.00000166. The molecule has 3 aromatic rings. The Hall–Kier alpha value is -2.78. The molecule has 0 saturated heterocycles. The number of rotatable bonds is 8. The van der Waals surface area contributed by atoms with Gasteiger partial charge in [-0.15, -0.1) is 22.7 Å². The van der Waals surface area contributed by atoms with Crippen LogP contribution < -0.4 is 5.32 Å². The summed E-state index contributed by atoms with van der Waals surface area (Å²) in [4.78, 5) is 41.8. The van der Waals surface area contributed by atoms with Gasteiger partial charge in [0.25, 0.3) is 5.91 Å². The van der Waals surface area contributed by atoms with Crippen molar-refractivity contribution >= 4 is 50.7 Å². The molecule has 0 bridgehead atoms. The first kappa shape index (κ1) is 24.5. The molecule has 2 atom stereocenters. The third-order valence-corrected chi connectivity index (χ3v) is 5.96. The third kappa shape index (κ3) is 7.15. The van der Waals surface area contributed by atoms with Crippen molar-refractivity contribution in [3.05, 3.63) is 51.7 Å². The lowest BCUT2D eigenvalue weighted by atomic mass is 10.2. The molecule has 0 spiro atoms. The van der Waals surface area contributed by atoms with Gasteiger partial charge in [0.1, 0.15) is 5.01 Å². The number of hydrogen-bond acceptors (Lipinski definition) is 8. The predicted molar refractivity (Wildman–Crippen MR) is 122 cm³/mol. The molecule has 0 fully saturated rings. The number of hydrogen-bond donors (Lipinski definition) is 1. The van der Waals surface area contributed by atoms with Crippen molar-refractivity contribution in [3.8, 4) is 0 Å². The molecular weight excluding hydrogens is 436 g/mol. The lowest BCUT2D eigenvalue weighted by Crippen LogP contribution is -2.43. The van der Waals surface area contributed by atoms with Gasteiger partial charge in [0, 0.05) is 25.3 Å². The summed E-state index contributed by atoms with van der Waals surface area (Å²) in [5.74, 6) is -1.79. The van der Waals surface area contributed by atoms with E-state index in [9.17, 15) is 14.4 Å². The van der Waals surface area contributed by atoms with Gasteiger partial charge < -0.3 is 14.8 Å². The molecule has 166 valence electrons. The molecule has 0 aliphatic carbocycles. The first-order chi connectivity index (χ1) is 14.9. The summed E-state index contributed by atoms with van der Waals surface area (Å²) in [6.45, 7) is 6.80. The van der Waals surface area contributed by atoms with E-state index in [1.165, 1.54) is 25.2 Å². The van der Waals surface area contributed by atoms with Crippen LogP contribution in [0.2, 0.25) is 0 Å². The highest BCUT2D eigenvalue weighted by Gasteiger charge is 2.37. The average Bonchev–Trinajstić information content (AvgIpc) is 3.41. The quantitative estimate of drug-likeness (QED) is 0.502. The number of aromatic nitrogens is 1. The van der Waals surface area contributed by atoms with Gasteiger partial charge >= 0.3 is 11.9 Å². The number of amides is 1. The van der Waals surface area contributed by atoms with Gasteiger partial charge in [0.05, 0.1) is 10.2 Å². The van der Waals surface area contributed by atoms with Gasteiger partial charge in [-0.1, -0.05) is 32.0 Å². The highest BCUT2D eigenvalue weighted by Crippen LogP contribution is 2.32. The van der Waals surface area contributed by atoms with E-state index in [1.807, 2.05) is 55.6 Å². The van der Waals surface area contributed by atoms with Crippen molar-refractivity contribution in [1.29, 1.82) is 0 Å². The second-order valence-electron chi connectivity index (χ2n) is 6.20. The normalized spacial score (nSPS) is 12.3. The second-order valence-corrected chi connectivity index (χ2v) is 8.29. The van der Waals surface area contributed by atoms with Crippen LogP contribution in [0.4, 0.5) is 0 Å². The summed E-state index contributed by atoms with van der Waals surface area (Å²) < 4.78 is 11.5. The maximum Gasteiger partial charge on any atom is 0.303 e. The van der Waals surface area contributed by atoms with Crippen LogP contribution in [0, 0.1) is 0 Å². The van der Waals surface area contributed by atoms with Gasteiger partial charge in [-0.3, -0.25) is 14.4 Å². The molecule has 0 saturated carbocycles. The van der Waals surface area contributed by atoms with Crippen molar-refractivity contribution in [2.75, 3.05) is 6.54 Å². The van der Waals surface area contributed by atoms with Crippen LogP contribution in [0.15, 0.2) is 41.8 Å². The Kier molecular flexibility index (Phi) is 9.61. The Morgan fingerprint density at radius 1 is 1.03 bits per heavy atom. The number of para-hydroxylation sites is 1. The maximum atomic E-state index is 12.8. The third-order valence-electron chi connectivity index (χ3n) is 3.92. The smallest absolute Gasteiger partial charge is 0.303 e. The fourth-order valence-corrected chi connectivity index (χ4v) is 4.46. The van der Waals surface area contributed by atoms with E-state index in [0.717, 1.165) is 9.58 Å². The number of thiazole rings is 1. The molecule has 0 radical (unpaired) electrons. The summed E-state index contributed by atoms with van der Waals surface area (Å²) >= 11 is 2.88. The van der Waals surface area contributed by atoms with Crippen LogP contribution in [0.25, 0.3) is 10.2 Å². The fraction of sp³-hybridized carbons (Fsp3) is 0.364. The zero-order valence-electron chi connectivity index (χ0n) is 17.9. The predicted octanol–water partition coefficient (Wildman–Crippen LogP) is 4.28. The summed E-state index contributed by atoms with van der Waals surface area (Å²) in [5.41, 5.74) is 0.712. The van der Waals surface area contributed by atoms with Gasteiger partial charge in [-0.05, 0) is 30.0 Å². The molecule has 7 nitrogen and oxygen atoms in total. The van der Waals surface area contributed by atoms with E-state index < -0.39 is 30.1 Å². The minimum Gasteiger partial charge on any atom is -0.451 e. The van der Waals surface area contributed by atoms with E-state index in [0.29, 0.717) is 23.5 Å². The molecule has 2 aromatic heterocycles. The zero-order valence-corrected chi connectivity index (χ0v) is 19.5. The van der Waals surface area contributed by atoms with E-state index >= 15 is 0 Å². The topological polar surface area (TPSA) is 94.6 Å². The van der Waals surface area contributed by atoms with Crippen molar-refractivity contribution < 1.29 is 23.9 Å². The minimum atomic E-state index is -1.33. The highest BCUT2D eigenvalue weighted by atomic mass is 32.1. The Morgan fingerprint density at radius 3 is 2.35 bits per heavy atom. The van der Waals surface area contributed by atoms with Crippen LogP contribution >= 0.6 is 22.7 Å². The van der Waals surface area contributed by atoms with Crippen LogP contribution in [-0.4, -0.2) is 35.5 Å². The molecule has 1 N–H and O–H groups in total. The molecule has 0 unspecified atom stereocenters. The van der Waals surface area contributed by atoms with Gasteiger partial charge in [0.2, 0.25) is 6.10 Å². The number of thiophene rings is 1. The summed E-state index contributed by atoms with van der Waals surface area (Å²) in [6, 6.07) is 11.3. The maximum absolute atomic E-state index is 12.8. The molecule has 9 heteroatoms. The summed E-state index contributed by atoms with van der Waals surface area (Å²) in [6.07, 6.45) is -1.81. The number of fused-ring (bicyclic) bond motifs is 1. The number of carbonyl (C=O) groups excluding carboxylic acids is 3. The van der Waals surface area contributed by atoms with Gasteiger partial charge in [-0.2, -0.15) is 0 Å². The van der Waals surface area contributed by atoms with Crippen LogP contribution in [0.3, 0.4) is 0 Å². The monoisotopic (exact) mass is 462 g/mol. The van der Waals surface area contributed by atoms with E-state index in [-0.39, 0.29) is 0 Å². The Morgan fingerprint density at radius 2 is 1.74 bits per heavy atom. The Labute approximate surface area is 189 Å². The number of nitrogens with zero attached hydrogens (tertiary/aromatic N) is 1. The molecule has 1 aromatic carbocycles. The highest BCUT2D eigenvalue weighted by molar-refractivity contribution is 7.18. The number of carbonyl (C=O) groups is 3. The van der Waals surface area contributed by atoms with Crippen LogP contribution in [0.5, 0.6) is 0 Å². The first-order valence-corrected chi connectivity index (χ1v) is 11.6. The van der Waals surface area contributed by atoms with Crippen molar-refractivity contribution in [2.24, 2.45) is 0 Å². The SMILES string of the molecule is CC.CC(=O)O[C@@H](C(=O)NCCc1cccs1)[C@@H](OC(C)=O)c1nc2ccccc2s1. The van der Waals surface area contributed by atoms with Gasteiger partial charge in [-0.25, -0.2) is 4.98 Å². The lowest BCUT2D eigenvalue weighted by molar-refractivity contribution is -0.171. The average molecular weight is 463 g/mol. The van der Waals surface area contributed by atoms with E-state index in [2.05, 4.69) is 10.3 Å². The molecular formula is C22H26N2O5S2. The fourth-order valence-electron chi connectivity index (χ4n) is 2.73. The minimum absolute atomic E-state index is 0.365. The summed E-state index contributed by atoms with van der Waals surface area (Å²) in [5, 5.41) is 5.11.